The number of aliphatic hydroxyl groups is 2. The second-order valence-corrected chi connectivity index (χ2v) is 5.64. The second kappa shape index (κ2) is 7.40. The fourth-order valence-corrected chi connectivity index (χ4v) is 3.09. The van der Waals surface area contributed by atoms with Gasteiger partial charge in [-0.15, -0.1) is 11.3 Å². The van der Waals surface area contributed by atoms with Crippen molar-refractivity contribution in [3.05, 3.63) is 42.7 Å². The molecule has 0 radical (unpaired) electrons. The van der Waals surface area contributed by atoms with Crippen molar-refractivity contribution >= 4 is 21.6 Å². The zero-order valence-electron chi connectivity index (χ0n) is 12.1. The van der Waals surface area contributed by atoms with Crippen LogP contribution in [0.5, 0.6) is 0 Å². The predicted molar refractivity (Wildman–Crippen MR) is 83.4 cm³/mol. The lowest BCUT2D eigenvalue weighted by molar-refractivity contribution is -0.0426. The number of hydrogen-bond acceptors (Lipinski definition) is 7. The minimum atomic E-state index is -1.29. The summed E-state index contributed by atoms with van der Waals surface area (Å²) in [7, 11) is 1.34. The van der Waals surface area contributed by atoms with Crippen LogP contribution in [0, 0.1) is 0 Å². The van der Waals surface area contributed by atoms with Gasteiger partial charge < -0.3 is 14.9 Å². The van der Waals surface area contributed by atoms with Gasteiger partial charge >= 0.3 is 5.69 Å². The zero-order valence-corrected chi connectivity index (χ0v) is 12.9. The maximum absolute atomic E-state index is 12.1. The van der Waals surface area contributed by atoms with E-state index in [-0.39, 0.29) is 13.0 Å². The first-order valence-corrected chi connectivity index (χ1v) is 7.49. The number of fused-ring (bicyclic) bond motifs is 1. The fourth-order valence-electron chi connectivity index (χ4n) is 2.15. The Hall–Kier alpha value is -2.17. The van der Waals surface area contributed by atoms with Crippen LogP contribution in [0.15, 0.2) is 26.1 Å². The lowest BCUT2D eigenvalue weighted by Gasteiger charge is -2.23. The maximum Gasteiger partial charge on any atom is 0.331 e. The van der Waals surface area contributed by atoms with Gasteiger partial charge in [0.05, 0.1) is 24.1 Å². The third kappa shape index (κ3) is 3.60. The third-order valence-corrected chi connectivity index (χ3v) is 4.24. The summed E-state index contributed by atoms with van der Waals surface area (Å²) in [6, 6.07) is 1.58. The van der Waals surface area contributed by atoms with Crippen molar-refractivity contribution in [2.75, 3.05) is 13.7 Å². The van der Waals surface area contributed by atoms with Gasteiger partial charge in [-0.3, -0.25) is 14.3 Å². The number of hydrogen-bond donors (Lipinski definition) is 3. The van der Waals surface area contributed by atoms with Crippen LogP contribution in [0.3, 0.4) is 0 Å². The summed E-state index contributed by atoms with van der Waals surface area (Å²) >= 11 is 1.19. The normalized spacial score (nSPS) is 15.1. The molecular formula is C12H15N5O5S. The number of ether oxygens (including phenoxy) is 1. The first-order chi connectivity index (χ1) is 11.0. The van der Waals surface area contributed by atoms with Crippen molar-refractivity contribution in [1.82, 2.24) is 9.55 Å². The second-order valence-electron chi connectivity index (χ2n) is 4.74. The van der Waals surface area contributed by atoms with Crippen molar-refractivity contribution in [1.29, 1.82) is 0 Å². The van der Waals surface area contributed by atoms with Crippen molar-refractivity contribution in [3.8, 4) is 0 Å². The maximum atomic E-state index is 12.1. The van der Waals surface area contributed by atoms with Gasteiger partial charge in [0.2, 0.25) is 0 Å². The highest BCUT2D eigenvalue weighted by Gasteiger charge is 2.24. The number of methoxy groups -OCH3 is 1. The van der Waals surface area contributed by atoms with Crippen LogP contribution in [0.2, 0.25) is 0 Å². The van der Waals surface area contributed by atoms with E-state index in [0.717, 1.165) is 0 Å². The van der Waals surface area contributed by atoms with Crippen molar-refractivity contribution < 1.29 is 14.9 Å². The molecule has 0 aliphatic heterocycles. The molecule has 0 aromatic carbocycles. The van der Waals surface area contributed by atoms with E-state index in [9.17, 15) is 19.8 Å². The molecule has 3 atom stereocenters. The van der Waals surface area contributed by atoms with Crippen molar-refractivity contribution in [2.24, 2.45) is 5.11 Å². The highest BCUT2D eigenvalue weighted by molar-refractivity contribution is 7.16. The molecule has 3 N–H and O–H groups in total. The van der Waals surface area contributed by atoms with Crippen LogP contribution in [0.4, 0.5) is 0 Å². The standard InChI is InChI=1S/C12H15N5O5S/c1-22-9(4-7(18)8(19)5-14-16-13)17-11-6(2-3-23-11)10(20)15-12(17)21/h2-3,7-9,18-19H,4-5H2,1H3,(H,15,20,21)/t7-,8+,9?/m0/s1. The highest BCUT2D eigenvalue weighted by Crippen LogP contribution is 2.23. The van der Waals surface area contributed by atoms with E-state index < -0.39 is 29.7 Å². The molecule has 0 saturated heterocycles. The van der Waals surface area contributed by atoms with Gasteiger partial charge in [-0.1, -0.05) is 5.11 Å². The van der Waals surface area contributed by atoms with Gasteiger partial charge in [-0.05, 0) is 17.0 Å². The molecule has 0 spiro atoms. The van der Waals surface area contributed by atoms with E-state index in [0.29, 0.717) is 10.2 Å². The van der Waals surface area contributed by atoms with Crippen LogP contribution in [-0.4, -0.2) is 45.6 Å². The molecule has 2 heterocycles. The van der Waals surface area contributed by atoms with E-state index in [1.807, 2.05) is 0 Å². The first-order valence-electron chi connectivity index (χ1n) is 6.61. The minimum absolute atomic E-state index is 0.127. The number of rotatable bonds is 7. The molecule has 0 aliphatic carbocycles. The van der Waals surface area contributed by atoms with Crippen molar-refractivity contribution in [2.45, 2.75) is 24.9 Å². The Balaban J connectivity index is 2.35. The van der Waals surface area contributed by atoms with Gasteiger partial charge in [-0.25, -0.2) is 4.79 Å². The molecular weight excluding hydrogens is 326 g/mol. The van der Waals surface area contributed by atoms with E-state index in [2.05, 4.69) is 15.0 Å². The Bertz CT molecular complexity index is 836. The molecule has 0 fully saturated rings. The molecule has 2 aromatic rings. The average Bonchev–Trinajstić information content (AvgIpc) is 3.00. The molecule has 1 unspecified atom stereocenters. The summed E-state index contributed by atoms with van der Waals surface area (Å²) < 4.78 is 6.45. The lowest BCUT2D eigenvalue weighted by Crippen LogP contribution is -2.37. The summed E-state index contributed by atoms with van der Waals surface area (Å²) in [5, 5.41) is 24.9. The number of aliphatic hydroxyl groups excluding tert-OH is 2. The molecule has 124 valence electrons. The molecule has 10 nitrogen and oxygen atoms in total. The monoisotopic (exact) mass is 341 g/mol. The fraction of sp³-hybridized carbons (Fsp3) is 0.500. The van der Waals surface area contributed by atoms with Crippen LogP contribution in [0.1, 0.15) is 12.6 Å². The summed E-state index contributed by atoms with van der Waals surface area (Å²) in [6.45, 7) is -0.303. The summed E-state index contributed by atoms with van der Waals surface area (Å²) in [6.07, 6.45) is -3.60. The number of azide groups is 1. The summed E-state index contributed by atoms with van der Waals surface area (Å²) in [5.74, 6) is 0. The van der Waals surface area contributed by atoms with Crippen molar-refractivity contribution in [3.63, 3.8) is 0 Å². The smallest absolute Gasteiger partial charge is 0.331 e. The van der Waals surface area contributed by atoms with E-state index in [1.165, 1.54) is 23.0 Å². The number of H-pyrrole nitrogens is 1. The van der Waals surface area contributed by atoms with Gasteiger partial charge in [0.15, 0.2) is 0 Å². The van der Waals surface area contributed by atoms with Gasteiger partial charge in [0.25, 0.3) is 5.56 Å². The highest BCUT2D eigenvalue weighted by atomic mass is 32.1. The Kier molecular flexibility index (Phi) is 5.53. The van der Waals surface area contributed by atoms with Crippen LogP contribution in [0.25, 0.3) is 20.7 Å². The van der Waals surface area contributed by atoms with Crippen LogP contribution in [-0.2, 0) is 4.74 Å². The third-order valence-electron chi connectivity index (χ3n) is 3.33. The number of nitrogens with zero attached hydrogens (tertiary/aromatic N) is 4. The molecule has 0 bridgehead atoms. The van der Waals surface area contributed by atoms with Gasteiger partial charge in [-0.2, -0.15) is 0 Å². The quantitative estimate of drug-likeness (QED) is 0.376. The molecule has 2 aromatic heterocycles. The Morgan fingerprint density at radius 2 is 2.22 bits per heavy atom. The Labute approximate surface area is 133 Å². The molecule has 2 rings (SSSR count). The Morgan fingerprint density at radius 1 is 1.48 bits per heavy atom. The zero-order chi connectivity index (χ0) is 17.0. The van der Waals surface area contributed by atoms with E-state index in [4.69, 9.17) is 10.3 Å². The van der Waals surface area contributed by atoms with E-state index in [1.54, 1.807) is 11.4 Å². The average molecular weight is 341 g/mol. The number of aromatic amines is 1. The summed E-state index contributed by atoms with van der Waals surface area (Å²) in [5.41, 5.74) is 7.05. The molecule has 0 saturated carbocycles. The minimum Gasteiger partial charge on any atom is -0.390 e. The van der Waals surface area contributed by atoms with E-state index >= 15 is 0 Å². The Morgan fingerprint density at radius 3 is 2.87 bits per heavy atom. The molecule has 0 amide bonds. The van der Waals surface area contributed by atoms with Crippen LogP contribution >= 0.6 is 11.3 Å². The van der Waals surface area contributed by atoms with Gasteiger partial charge in [0.1, 0.15) is 11.1 Å². The number of nitrogens with one attached hydrogen (secondary N) is 1. The first kappa shape index (κ1) is 17.2. The predicted octanol–water partition coefficient (Wildman–Crippen LogP) is 0.318. The molecule has 11 heteroatoms. The number of thiophene rings is 1. The van der Waals surface area contributed by atoms with Crippen LogP contribution < -0.4 is 11.2 Å². The topological polar surface area (TPSA) is 153 Å². The summed E-state index contributed by atoms with van der Waals surface area (Å²) in [4.78, 5) is 28.9. The molecule has 23 heavy (non-hydrogen) atoms. The largest absolute Gasteiger partial charge is 0.390 e. The lowest BCUT2D eigenvalue weighted by atomic mass is 10.1. The molecule has 0 aliphatic rings. The van der Waals surface area contributed by atoms with Gasteiger partial charge in [0, 0.05) is 18.4 Å². The SMILES string of the molecule is COC(C[C@H](O)[C@H](O)CN=[N+]=[N-])n1c(=O)[nH]c(=O)c2ccsc21. The number of aromatic nitrogens is 2.